The van der Waals surface area contributed by atoms with Crippen LogP contribution in [0, 0.1) is 19.7 Å². The highest BCUT2D eigenvalue weighted by molar-refractivity contribution is 5.93. The number of aromatic nitrogens is 3. The number of hydrogen-bond acceptors (Lipinski definition) is 6. The van der Waals surface area contributed by atoms with Crippen LogP contribution in [0.5, 0.6) is 0 Å². The molecule has 2 fully saturated rings. The van der Waals surface area contributed by atoms with Crippen molar-refractivity contribution in [3.05, 3.63) is 90.6 Å². The zero-order chi connectivity index (χ0) is 30.7. The number of aryl methyl sites for hydroxylation is 2. The standard InChI is InChI=1S/C28H26F3N5O4.C2H6/c1-13-7-10-19(18(29)11-13)33-24-20-21(14(2)25(38)34(24)3)35(27(40)36(26(20)39)16-8-9-16)17-6-4-5-15(12-17)32-22-23(37)28(22,30)31;1-2/h4-7,10-12,16,22-23,32-33,37H,8-9H2,1-3H3;1-2H3. The third-order valence-corrected chi connectivity index (χ3v) is 7.58. The number of pyridine rings is 1. The van der Waals surface area contributed by atoms with Crippen molar-refractivity contribution in [1.29, 1.82) is 0 Å². The second-order valence-electron chi connectivity index (χ2n) is 10.5. The van der Waals surface area contributed by atoms with E-state index in [0.29, 0.717) is 18.4 Å². The zero-order valence-corrected chi connectivity index (χ0v) is 23.8. The van der Waals surface area contributed by atoms with E-state index in [1.807, 2.05) is 13.8 Å². The SMILES string of the molecule is CC.Cc1ccc(Nc2c3c(=O)n(C4CC4)c(=O)n(-c4cccc(NC5C(O)C5(F)F)c4)c3c(C)c(=O)n2C)c(F)c1. The molecule has 0 aliphatic heterocycles. The average molecular weight is 584 g/mol. The Morgan fingerprint density at radius 3 is 2.26 bits per heavy atom. The van der Waals surface area contributed by atoms with Crippen molar-refractivity contribution in [2.75, 3.05) is 10.6 Å². The summed E-state index contributed by atoms with van der Waals surface area (Å²) >= 11 is 0. The summed E-state index contributed by atoms with van der Waals surface area (Å²) in [5.74, 6) is -3.86. The van der Waals surface area contributed by atoms with Crippen molar-refractivity contribution in [3.8, 4) is 5.69 Å². The van der Waals surface area contributed by atoms with Gasteiger partial charge in [0.05, 0.1) is 16.9 Å². The summed E-state index contributed by atoms with van der Waals surface area (Å²) in [5.41, 5.74) is -0.543. The maximum absolute atomic E-state index is 14.8. The molecular weight excluding hydrogens is 551 g/mol. The molecular formula is C30H32F3N5O4. The maximum Gasteiger partial charge on any atom is 0.336 e. The van der Waals surface area contributed by atoms with Crippen molar-refractivity contribution >= 4 is 28.1 Å². The van der Waals surface area contributed by atoms with Crippen molar-refractivity contribution in [2.45, 2.75) is 64.6 Å². The number of anilines is 3. The van der Waals surface area contributed by atoms with E-state index in [9.17, 15) is 32.7 Å². The highest BCUT2D eigenvalue weighted by Gasteiger charge is 2.68. The molecule has 2 aromatic heterocycles. The number of aliphatic hydroxyl groups is 1. The van der Waals surface area contributed by atoms with E-state index >= 15 is 0 Å². The Kier molecular flexibility index (Phi) is 7.30. The van der Waals surface area contributed by atoms with Crippen LogP contribution in [0.25, 0.3) is 16.6 Å². The Bertz CT molecular complexity index is 1890. The largest absolute Gasteiger partial charge is 0.384 e. The van der Waals surface area contributed by atoms with E-state index in [1.165, 1.54) is 53.4 Å². The number of rotatable bonds is 6. The van der Waals surface area contributed by atoms with Crippen LogP contribution in [-0.2, 0) is 7.05 Å². The summed E-state index contributed by atoms with van der Waals surface area (Å²) < 4.78 is 45.8. The van der Waals surface area contributed by atoms with Gasteiger partial charge in [-0.05, 0) is 62.6 Å². The maximum atomic E-state index is 14.8. The minimum atomic E-state index is -3.28. The van der Waals surface area contributed by atoms with E-state index in [4.69, 9.17) is 0 Å². The van der Waals surface area contributed by atoms with Crippen molar-refractivity contribution in [1.82, 2.24) is 13.7 Å². The van der Waals surface area contributed by atoms with Gasteiger partial charge in [-0.1, -0.05) is 26.0 Å². The number of benzene rings is 2. The Balaban J connectivity index is 0.00000173. The lowest BCUT2D eigenvalue weighted by molar-refractivity contribution is 0.0564. The molecule has 0 saturated heterocycles. The normalized spacial score (nSPS) is 18.8. The van der Waals surface area contributed by atoms with Crippen LogP contribution in [0.1, 0.15) is 43.9 Å². The monoisotopic (exact) mass is 583 g/mol. The molecule has 2 aliphatic carbocycles. The predicted octanol–water partition coefficient (Wildman–Crippen LogP) is 4.50. The minimum absolute atomic E-state index is 0.00795. The lowest BCUT2D eigenvalue weighted by Crippen LogP contribution is -2.41. The van der Waals surface area contributed by atoms with E-state index in [-0.39, 0.29) is 45.4 Å². The van der Waals surface area contributed by atoms with Gasteiger partial charge in [-0.2, -0.15) is 0 Å². The van der Waals surface area contributed by atoms with Crippen LogP contribution in [0.4, 0.5) is 30.4 Å². The first kappa shape index (κ1) is 29.2. The molecule has 2 aromatic carbocycles. The van der Waals surface area contributed by atoms with E-state index in [1.54, 1.807) is 19.1 Å². The van der Waals surface area contributed by atoms with Gasteiger partial charge in [-0.3, -0.25) is 23.3 Å². The fraction of sp³-hybridized carbons (Fsp3) is 0.367. The predicted molar refractivity (Wildman–Crippen MR) is 156 cm³/mol. The first-order valence-corrected chi connectivity index (χ1v) is 13.8. The van der Waals surface area contributed by atoms with Crippen LogP contribution < -0.4 is 27.4 Å². The fourth-order valence-electron chi connectivity index (χ4n) is 5.10. The van der Waals surface area contributed by atoms with Gasteiger partial charge < -0.3 is 15.7 Å². The van der Waals surface area contributed by atoms with Gasteiger partial charge in [0.1, 0.15) is 29.2 Å². The number of fused-ring (bicyclic) bond motifs is 1. The number of nitrogens with zero attached hydrogens (tertiary/aromatic N) is 3. The Hall–Kier alpha value is -4.32. The van der Waals surface area contributed by atoms with Crippen molar-refractivity contribution < 1.29 is 18.3 Å². The average Bonchev–Trinajstić information content (AvgIpc) is 3.87. The molecule has 2 unspecified atom stereocenters. The fourth-order valence-corrected chi connectivity index (χ4v) is 5.10. The first-order valence-electron chi connectivity index (χ1n) is 13.8. The second-order valence-corrected chi connectivity index (χ2v) is 10.5. The summed E-state index contributed by atoms with van der Waals surface area (Å²) in [5, 5.41) is 15.0. The molecule has 0 radical (unpaired) electrons. The summed E-state index contributed by atoms with van der Waals surface area (Å²) in [4.78, 5) is 41.1. The van der Waals surface area contributed by atoms with Crippen molar-refractivity contribution in [2.24, 2.45) is 7.05 Å². The molecule has 0 amide bonds. The zero-order valence-electron chi connectivity index (χ0n) is 23.8. The van der Waals surface area contributed by atoms with Gasteiger partial charge in [-0.15, -0.1) is 0 Å². The van der Waals surface area contributed by atoms with Gasteiger partial charge >= 0.3 is 5.69 Å². The highest BCUT2D eigenvalue weighted by Crippen LogP contribution is 2.44. The minimum Gasteiger partial charge on any atom is -0.384 e. The molecule has 222 valence electrons. The second kappa shape index (κ2) is 10.5. The van der Waals surface area contributed by atoms with Crippen LogP contribution in [0.3, 0.4) is 0 Å². The molecule has 0 spiro atoms. The highest BCUT2D eigenvalue weighted by atomic mass is 19.3. The van der Waals surface area contributed by atoms with Crippen LogP contribution in [-0.4, -0.2) is 36.9 Å². The lowest BCUT2D eigenvalue weighted by Gasteiger charge is -2.21. The number of halogens is 3. The molecule has 9 nitrogen and oxygen atoms in total. The van der Waals surface area contributed by atoms with E-state index < -0.39 is 40.7 Å². The topological polar surface area (TPSA) is 110 Å². The van der Waals surface area contributed by atoms with E-state index in [2.05, 4.69) is 10.6 Å². The molecule has 2 heterocycles. The van der Waals surface area contributed by atoms with Gasteiger partial charge in [0, 0.05) is 24.3 Å². The molecule has 2 atom stereocenters. The number of alkyl halides is 2. The molecule has 2 saturated carbocycles. The van der Waals surface area contributed by atoms with Crippen LogP contribution in [0.15, 0.2) is 56.8 Å². The number of hydrogen-bond donors (Lipinski definition) is 3. The molecule has 0 bridgehead atoms. The number of nitrogens with one attached hydrogen (secondary N) is 2. The van der Waals surface area contributed by atoms with E-state index in [0.717, 1.165) is 4.57 Å². The third kappa shape index (κ3) is 4.69. The van der Waals surface area contributed by atoms with Gasteiger partial charge in [0.2, 0.25) is 0 Å². The smallest absolute Gasteiger partial charge is 0.336 e. The van der Waals surface area contributed by atoms with Gasteiger partial charge in [0.25, 0.3) is 17.0 Å². The molecule has 4 aromatic rings. The van der Waals surface area contributed by atoms with Crippen LogP contribution >= 0.6 is 0 Å². The summed E-state index contributed by atoms with van der Waals surface area (Å²) in [6, 6.07) is 8.69. The number of aliphatic hydroxyl groups excluding tert-OH is 1. The molecule has 3 N–H and O–H groups in total. The quantitative estimate of drug-likeness (QED) is 0.308. The Labute approximate surface area is 238 Å². The third-order valence-electron chi connectivity index (χ3n) is 7.58. The Morgan fingerprint density at radius 1 is 1.00 bits per heavy atom. The molecule has 12 heteroatoms. The summed E-state index contributed by atoms with van der Waals surface area (Å²) in [6.07, 6.45) is -0.619. The molecule has 6 rings (SSSR count). The Morgan fingerprint density at radius 2 is 1.67 bits per heavy atom. The van der Waals surface area contributed by atoms with Crippen LogP contribution in [0.2, 0.25) is 0 Å². The van der Waals surface area contributed by atoms with Gasteiger partial charge in [0.15, 0.2) is 0 Å². The summed E-state index contributed by atoms with van der Waals surface area (Å²) in [7, 11) is 1.45. The first-order chi connectivity index (χ1) is 19.9. The van der Waals surface area contributed by atoms with Gasteiger partial charge in [-0.25, -0.2) is 18.0 Å². The summed E-state index contributed by atoms with van der Waals surface area (Å²) in [6.45, 7) is 7.21. The molecule has 2 aliphatic rings. The van der Waals surface area contributed by atoms with Crippen molar-refractivity contribution in [3.63, 3.8) is 0 Å². The molecule has 42 heavy (non-hydrogen) atoms. The lowest BCUT2D eigenvalue weighted by atomic mass is 10.1.